The Hall–Kier alpha value is -1.43. The number of ether oxygens (including phenoxy) is 1. The van der Waals surface area contributed by atoms with Crippen LogP contribution in [0.2, 0.25) is 0 Å². The van der Waals surface area contributed by atoms with Crippen LogP contribution >= 0.6 is 15.9 Å². The number of rotatable bonds is 0. The van der Waals surface area contributed by atoms with Crippen LogP contribution in [0.4, 0.5) is 0 Å². The minimum atomic E-state index is 0.129. The van der Waals surface area contributed by atoms with E-state index in [-0.39, 0.29) is 6.04 Å². The maximum absolute atomic E-state index is 5.76. The average Bonchev–Trinajstić information content (AvgIpc) is 2.71. The van der Waals surface area contributed by atoms with Crippen LogP contribution < -0.4 is 4.74 Å². The number of hydrogen-bond acceptors (Lipinski definition) is 4. The van der Waals surface area contributed by atoms with Crippen molar-refractivity contribution in [1.29, 1.82) is 0 Å². The minimum Gasteiger partial charge on any atom is -0.489 e. The van der Waals surface area contributed by atoms with Gasteiger partial charge in [-0.05, 0) is 45.4 Å². The van der Waals surface area contributed by atoms with E-state index >= 15 is 0 Å². The highest BCUT2D eigenvalue weighted by Gasteiger charge is 2.23. The molecule has 0 spiro atoms. The third-order valence-corrected chi connectivity index (χ3v) is 3.21. The molecule has 3 rings (SSSR count). The number of benzene rings is 1. The van der Waals surface area contributed by atoms with Crippen LogP contribution in [0.3, 0.4) is 0 Å². The van der Waals surface area contributed by atoms with Crippen molar-refractivity contribution in [3.63, 3.8) is 0 Å². The molecule has 2 heterocycles. The van der Waals surface area contributed by atoms with Gasteiger partial charge in [-0.25, -0.2) is 4.68 Å². The lowest BCUT2D eigenvalue weighted by Crippen LogP contribution is -2.13. The number of aromatic nitrogens is 4. The molecule has 16 heavy (non-hydrogen) atoms. The van der Waals surface area contributed by atoms with Crippen molar-refractivity contribution < 1.29 is 4.74 Å². The third-order valence-electron chi connectivity index (χ3n) is 2.59. The molecule has 0 amide bonds. The zero-order valence-corrected chi connectivity index (χ0v) is 10.2. The lowest BCUT2D eigenvalue weighted by molar-refractivity contribution is 0.257. The molecule has 82 valence electrons. The van der Waals surface area contributed by atoms with Gasteiger partial charge in [-0.15, -0.1) is 5.10 Å². The molecular weight excluding hydrogens is 272 g/mol. The first kappa shape index (κ1) is 9.77. The molecule has 5 nitrogen and oxygen atoms in total. The van der Waals surface area contributed by atoms with Gasteiger partial charge in [-0.3, -0.25) is 0 Å². The number of hydrogen-bond donors (Lipinski definition) is 0. The van der Waals surface area contributed by atoms with E-state index in [0.717, 1.165) is 21.6 Å². The fourth-order valence-electron chi connectivity index (χ4n) is 1.77. The van der Waals surface area contributed by atoms with Crippen LogP contribution in [-0.2, 0) is 0 Å². The van der Waals surface area contributed by atoms with Crippen molar-refractivity contribution in [2.24, 2.45) is 0 Å². The van der Waals surface area contributed by atoms with E-state index in [4.69, 9.17) is 4.74 Å². The summed E-state index contributed by atoms with van der Waals surface area (Å²) in [7, 11) is 0. The van der Waals surface area contributed by atoms with E-state index in [2.05, 4.69) is 31.5 Å². The Morgan fingerprint density at radius 2 is 2.38 bits per heavy atom. The molecule has 0 radical (unpaired) electrons. The van der Waals surface area contributed by atoms with Crippen LogP contribution in [0.5, 0.6) is 5.75 Å². The largest absolute Gasteiger partial charge is 0.489 e. The smallest absolute Gasteiger partial charge is 0.186 e. The molecule has 1 aromatic heterocycles. The number of tetrazole rings is 1. The van der Waals surface area contributed by atoms with Gasteiger partial charge >= 0.3 is 0 Å². The summed E-state index contributed by atoms with van der Waals surface area (Å²) in [6.07, 6.45) is 0. The summed E-state index contributed by atoms with van der Waals surface area (Å²) in [6, 6.07) is 5.98. The minimum absolute atomic E-state index is 0.129. The molecule has 6 heteroatoms. The fraction of sp³-hybridized carbons (Fsp3) is 0.300. The van der Waals surface area contributed by atoms with Gasteiger partial charge < -0.3 is 4.74 Å². The standard InChI is InChI=1S/C10H9BrN4O/c1-6-5-16-9-7(3-2-4-8(9)11)10-12-13-14-15(6)10/h2-4,6H,5H2,1H3/t6-/m0/s1. The SMILES string of the molecule is C[C@H]1COc2c(Br)cccc2-c2nnnn21. The molecule has 0 saturated carbocycles. The highest BCUT2D eigenvalue weighted by Crippen LogP contribution is 2.38. The molecule has 0 saturated heterocycles. The second kappa shape index (κ2) is 3.55. The fourth-order valence-corrected chi connectivity index (χ4v) is 2.25. The Morgan fingerprint density at radius 3 is 3.25 bits per heavy atom. The van der Waals surface area contributed by atoms with Gasteiger partial charge in [-0.1, -0.05) is 6.07 Å². The second-order valence-corrected chi connectivity index (χ2v) is 4.58. The molecule has 1 aliphatic heterocycles. The monoisotopic (exact) mass is 280 g/mol. The Morgan fingerprint density at radius 1 is 1.50 bits per heavy atom. The van der Waals surface area contributed by atoms with E-state index in [9.17, 15) is 0 Å². The lowest BCUT2D eigenvalue weighted by atomic mass is 10.2. The van der Waals surface area contributed by atoms with Crippen LogP contribution in [0, 0.1) is 0 Å². The van der Waals surface area contributed by atoms with Gasteiger partial charge in [0.1, 0.15) is 12.4 Å². The normalized spacial score (nSPS) is 18.2. The summed E-state index contributed by atoms with van der Waals surface area (Å²) >= 11 is 3.47. The molecular formula is C10H9BrN4O. The van der Waals surface area contributed by atoms with Crippen molar-refractivity contribution in [2.45, 2.75) is 13.0 Å². The number of para-hydroxylation sites is 1. The molecule has 2 aromatic rings. The first-order chi connectivity index (χ1) is 7.77. The zero-order valence-electron chi connectivity index (χ0n) is 8.59. The van der Waals surface area contributed by atoms with Gasteiger partial charge in [0.2, 0.25) is 0 Å². The third kappa shape index (κ3) is 1.33. The molecule has 0 bridgehead atoms. The van der Waals surface area contributed by atoms with E-state index in [1.54, 1.807) is 4.68 Å². The van der Waals surface area contributed by atoms with E-state index in [0.29, 0.717) is 6.61 Å². The molecule has 0 aliphatic carbocycles. The number of halogens is 1. The maximum atomic E-state index is 5.76. The zero-order chi connectivity index (χ0) is 11.1. The Kier molecular flexibility index (Phi) is 2.17. The quantitative estimate of drug-likeness (QED) is 0.741. The Balaban J connectivity index is 2.29. The van der Waals surface area contributed by atoms with E-state index in [1.165, 1.54) is 0 Å². The van der Waals surface area contributed by atoms with Crippen LogP contribution in [0.1, 0.15) is 13.0 Å². The second-order valence-electron chi connectivity index (χ2n) is 3.72. The molecule has 1 atom stereocenters. The number of nitrogens with zero attached hydrogens (tertiary/aromatic N) is 4. The first-order valence-corrected chi connectivity index (χ1v) is 5.76. The highest BCUT2D eigenvalue weighted by atomic mass is 79.9. The number of fused-ring (bicyclic) bond motifs is 3. The van der Waals surface area contributed by atoms with Gasteiger partial charge in [0, 0.05) is 0 Å². The summed E-state index contributed by atoms with van der Waals surface area (Å²) in [4.78, 5) is 0. The van der Waals surface area contributed by atoms with Gasteiger partial charge in [0.15, 0.2) is 5.82 Å². The van der Waals surface area contributed by atoms with Gasteiger partial charge in [-0.2, -0.15) is 0 Å². The van der Waals surface area contributed by atoms with Crippen LogP contribution in [0.15, 0.2) is 22.7 Å². The Labute approximate surface area is 101 Å². The average molecular weight is 281 g/mol. The predicted molar refractivity (Wildman–Crippen MR) is 61.2 cm³/mol. The molecule has 0 unspecified atom stereocenters. The van der Waals surface area contributed by atoms with Crippen molar-refractivity contribution in [3.8, 4) is 17.1 Å². The van der Waals surface area contributed by atoms with Crippen molar-refractivity contribution in [1.82, 2.24) is 20.2 Å². The van der Waals surface area contributed by atoms with E-state index < -0.39 is 0 Å². The van der Waals surface area contributed by atoms with E-state index in [1.807, 2.05) is 25.1 Å². The maximum Gasteiger partial charge on any atom is 0.186 e. The lowest BCUT2D eigenvalue weighted by Gasteiger charge is -2.09. The molecule has 1 aromatic carbocycles. The van der Waals surface area contributed by atoms with Gasteiger partial charge in [0.05, 0.1) is 16.1 Å². The van der Waals surface area contributed by atoms with Crippen molar-refractivity contribution >= 4 is 15.9 Å². The summed E-state index contributed by atoms with van der Waals surface area (Å²) in [5, 5.41) is 11.8. The van der Waals surface area contributed by atoms with Crippen LogP contribution in [0.25, 0.3) is 11.4 Å². The summed E-state index contributed by atoms with van der Waals surface area (Å²) in [5.41, 5.74) is 0.920. The summed E-state index contributed by atoms with van der Waals surface area (Å²) < 4.78 is 8.47. The molecule has 0 N–H and O–H groups in total. The van der Waals surface area contributed by atoms with Crippen molar-refractivity contribution in [3.05, 3.63) is 22.7 Å². The topological polar surface area (TPSA) is 52.8 Å². The predicted octanol–water partition coefficient (Wildman–Crippen LogP) is 2.06. The van der Waals surface area contributed by atoms with Crippen LogP contribution in [-0.4, -0.2) is 26.8 Å². The first-order valence-electron chi connectivity index (χ1n) is 4.97. The molecule has 0 fully saturated rings. The van der Waals surface area contributed by atoms with Crippen molar-refractivity contribution in [2.75, 3.05) is 6.61 Å². The Bertz CT molecular complexity index is 539. The molecule has 1 aliphatic rings. The summed E-state index contributed by atoms with van der Waals surface area (Å²) in [5.74, 6) is 1.56. The highest BCUT2D eigenvalue weighted by molar-refractivity contribution is 9.10. The summed E-state index contributed by atoms with van der Waals surface area (Å²) in [6.45, 7) is 2.59. The van der Waals surface area contributed by atoms with Gasteiger partial charge in [0.25, 0.3) is 0 Å².